The highest BCUT2D eigenvalue weighted by atomic mass is 16.6. The first-order chi connectivity index (χ1) is 16.8. The second kappa shape index (κ2) is 12.9. The fourth-order valence-electron chi connectivity index (χ4n) is 5.04. The van der Waals surface area contributed by atoms with E-state index in [1.54, 1.807) is 13.0 Å². The summed E-state index contributed by atoms with van der Waals surface area (Å²) in [6.45, 7) is 22.3. The van der Waals surface area contributed by atoms with Crippen molar-refractivity contribution in [2.45, 2.75) is 129 Å². The molecule has 1 N–H and O–H groups in total. The maximum absolute atomic E-state index is 10.8. The number of fused-ring (bicyclic) bond motifs is 2. The molecule has 6 atom stereocenters. The van der Waals surface area contributed by atoms with E-state index in [9.17, 15) is 14.7 Å². The average Bonchev–Trinajstić information content (AvgIpc) is 3.70. The van der Waals surface area contributed by atoms with Gasteiger partial charge in [-0.3, -0.25) is 9.59 Å². The van der Waals surface area contributed by atoms with E-state index in [0.29, 0.717) is 31.1 Å². The van der Waals surface area contributed by atoms with Gasteiger partial charge in [0.1, 0.15) is 5.78 Å². The van der Waals surface area contributed by atoms with Crippen LogP contribution in [0.4, 0.5) is 0 Å². The zero-order valence-corrected chi connectivity index (χ0v) is 23.9. The number of allylic oxidation sites excluding steroid dienone is 2. The minimum absolute atomic E-state index is 0.105. The Labute approximate surface area is 219 Å². The van der Waals surface area contributed by atoms with Crippen molar-refractivity contribution < 1.29 is 24.2 Å². The summed E-state index contributed by atoms with van der Waals surface area (Å²) in [5.41, 5.74) is 0.968. The first-order valence-electron chi connectivity index (χ1n) is 14.0. The molecule has 0 radical (unpaired) electrons. The van der Waals surface area contributed by atoms with Crippen LogP contribution in [-0.2, 0) is 19.1 Å². The maximum Gasteiger partial charge on any atom is 0.155 e. The standard InChI is InChI=1S/C10H16O.2C7H10O2.C6H15N/c1-7(2)8-4-5-10(3)9(6-8)11-10;1-7-3-2-5(8)4-6(7)9-7;1-7(9)4-2-6(8)3-5-7;1-4-7(5-2)6-3/h8-9H,1,4-6H2,2-3H3;6H,2-4H2,1H3;2,4,9H,3,5H2,1H3;4-6H2,1-3H3/t8-,9+,10-;6-,7+;7-;/m011./s1. The van der Waals surface area contributed by atoms with Crippen molar-refractivity contribution in [3.63, 3.8) is 0 Å². The Bertz CT molecular complexity index is 796. The van der Waals surface area contributed by atoms with Gasteiger partial charge in [0, 0.05) is 19.3 Å². The van der Waals surface area contributed by atoms with Crippen molar-refractivity contribution in [2.75, 3.05) is 19.6 Å². The van der Waals surface area contributed by atoms with Gasteiger partial charge in [0.15, 0.2) is 5.78 Å². The molecule has 206 valence electrons. The summed E-state index contributed by atoms with van der Waals surface area (Å²) < 4.78 is 10.9. The maximum atomic E-state index is 10.8. The van der Waals surface area contributed by atoms with Crippen LogP contribution in [0.15, 0.2) is 24.3 Å². The lowest BCUT2D eigenvalue weighted by Crippen LogP contribution is -2.25. The molecule has 5 rings (SSSR count). The van der Waals surface area contributed by atoms with Crippen LogP contribution >= 0.6 is 0 Å². The zero-order chi connectivity index (χ0) is 27.1. The number of epoxide rings is 2. The Kier molecular flexibility index (Phi) is 11.1. The Morgan fingerprint density at radius 3 is 1.97 bits per heavy atom. The van der Waals surface area contributed by atoms with Gasteiger partial charge in [-0.2, -0.15) is 0 Å². The van der Waals surface area contributed by atoms with Gasteiger partial charge >= 0.3 is 0 Å². The largest absolute Gasteiger partial charge is 0.386 e. The lowest BCUT2D eigenvalue weighted by Gasteiger charge is -2.22. The summed E-state index contributed by atoms with van der Waals surface area (Å²) in [6, 6.07) is 0. The second-order valence-electron chi connectivity index (χ2n) is 11.7. The van der Waals surface area contributed by atoms with Crippen LogP contribution < -0.4 is 0 Å². The van der Waals surface area contributed by atoms with E-state index < -0.39 is 5.60 Å². The first-order valence-corrected chi connectivity index (χ1v) is 14.0. The van der Waals surface area contributed by atoms with Crippen LogP contribution in [0.2, 0.25) is 0 Å². The molecule has 2 heterocycles. The predicted octanol–water partition coefficient (Wildman–Crippen LogP) is 5.42. The van der Waals surface area contributed by atoms with Crippen LogP contribution in [0.25, 0.3) is 0 Å². The lowest BCUT2D eigenvalue weighted by molar-refractivity contribution is -0.120. The number of rotatable bonds is 4. The summed E-state index contributed by atoms with van der Waals surface area (Å²) >= 11 is 0. The second-order valence-corrected chi connectivity index (χ2v) is 11.7. The van der Waals surface area contributed by atoms with Gasteiger partial charge < -0.3 is 19.5 Å². The van der Waals surface area contributed by atoms with Gasteiger partial charge in [-0.25, -0.2) is 0 Å². The molecule has 0 spiro atoms. The van der Waals surface area contributed by atoms with Crippen molar-refractivity contribution in [1.29, 1.82) is 0 Å². The molecule has 0 amide bonds. The van der Waals surface area contributed by atoms with Gasteiger partial charge in [0.05, 0.1) is 29.0 Å². The van der Waals surface area contributed by atoms with E-state index in [1.165, 1.54) is 50.5 Å². The Hall–Kier alpha value is -1.34. The number of carbonyl (C=O) groups is 2. The van der Waals surface area contributed by atoms with Crippen molar-refractivity contribution in [2.24, 2.45) is 5.92 Å². The molecule has 2 saturated carbocycles. The fourth-order valence-corrected chi connectivity index (χ4v) is 5.04. The highest BCUT2D eigenvalue weighted by Crippen LogP contribution is 2.50. The molecule has 2 saturated heterocycles. The molecular weight excluding hydrogens is 454 g/mol. The smallest absolute Gasteiger partial charge is 0.155 e. The van der Waals surface area contributed by atoms with E-state index in [4.69, 9.17) is 9.47 Å². The van der Waals surface area contributed by atoms with Gasteiger partial charge in [-0.1, -0.05) is 32.9 Å². The number of carbonyl (C=O) groups excluding carboxylic acids is 2. The molecular formula is C30H51NO5. The number of ether oxygens (including phenoxy) is 2. The third-order valence-corrected chi connectivity index (χ3v) is 8.42. The van der Waals surface area contributed by atoms with Crippen LogP contribution in [0.3, 0.4) is 0 Å². The minimum atomic E-state index is -0.742. The molecule has 0 bridgehead atoms. The van der Waals surface area contributed by atoms with E-state index in [1.807, 2.05) is 0 Å². The van der Waals surface area contributed by atoms with E-state index in [2.05, 4.69) is 53.0 Å². The van der Waals surface area contributed by atoms with Crippen LogP contribution in [0, 0.1) is 5.92 Å². The van der Waals surface area contributed by atoms with Gasteiger partial charge in [-0.05, 0) is 97.5 Å². The van der Waals surface area contributed by atoms with Crippen LogP contribution in [0.1, 0.15) is 99.8 Å². The molecule has 6 heteroatoms. The van der Waals surface area contributed by atoms with Crippen molar-refractivity contribution >= 4 is 11.6 Å². The number of nitrogens with zero attached hydrogens (tertiary/aromatic N) is 1. The molecule has 0 aromatic heterocycles. The van der Waals surface area contributed by atoms with Crippen LogP contribution in [0.5, 0.6) is 0 Å². The summed E-state index contributed by atoms with van der Waals surface area (Å²) in [6.07, 6.45) is 10.9. The highest BCUT2D eigenvalue weighted by Gasteiger charge is 2.55. The molecule has 5 aliphatic rings. The molecule has 6 nitrogen and oxygen atoms in total. The summed E-state index contributed by atoms with van der Waals surface area (Å²) in [4.78, 5) is 23.7. The Balaban J connectivity index is 0.000000172. The quantitative estimate of drug-likeness (QED) is 0.406. The third kappa shape index (κ3) is 9.51. The first kappa shape index (κ1) is 30.9. The number of hydrogen-bond acceptors (Lipinski definition) is 6. The molecule has 3 aliphatic carbocycles. The monoisotopic (exact) mass is 505 g/mol. The third-order valence-electron chi connectivity index (χ3n) is 8.42. The topological polar surface area (TPSA) is 82.7 Å². The number of ketones is 2. The van der Waals surface area contributed by atoms with Gasteiger partial charge in [-0.15, -0.1) is 0 Å². The summed E-state index contributed by atoms with van der Waals surface area (Å²) in [7, 11) is 0. The van der Waals surface area contributed by atoms with E-state index >= 15 is 0 Å². The summed E-state index contributed by atoms with van der Waals surface area (Å²) in [5.74, 6) is 1.21. The number of Topliss-reactive ketones (excluding diaryl/α,β-unsaturated/α-hetero) is 1. The number of aliphatic hydroxyl groups is 1. The molecule has 0 aromatic rings. The molecule has 2 aliphatic heterocycles. The normalized spacial score (nSPS) is 37.6. The SMILES string of the molecule is C=C(C)[C@H]1CC[C@]2(C)O[C@@H]2C1.CCN(CC)CC.C[C@@]1(O)C=CC(=O)CC1.C[C@]12CCC(=O)C[C@H]1O2. The zero-order valence-electron chi connectivity index (χ0n) is 23.9. The Morgan fingerprint density at radius 2 is 1.58 bits per heavy atom. The molecule has 0 unspecified atom stereocenters. The van der Waals surface area contributed by atoms with Crippen molar-refractivity contribution in [3.05, 3.63) is 24.3 Å². The van der Waals surface area contributed by atoms with Crippen molar-refractivity contribution in [1.82, 2.24) is 4.90 Å². The molecule has 0 aromatic carbocycles. The fraction of sp³-hybridized carbons (Fsp3) is 0.800. The summed E-state index contributed by atoms with van der Waals surface area (Å²) in [5, 5.41) is 9.25. The van der Waals surface area contributed by atoms with E-state index in [-0.39, 0.29) is 23.1 Å². The lowest BCUT2D eigenvalue weighted by atomic mass is 9.80. The molecule has 36 heavy (non-hydrogen) atoms. The average molecular weight is 506 g/mol. The van der Waals surface area contributed by atoms with Crippen LogP contribution in [-0.4, -0.2) is 70.2 Å². The van der Waals surface area contributed by atoms with E-state index in [0.717, 1.165) is 18.8 Å². The minimum Gasteiger partial charge on any atom is -0.386 e. The van der Waals surface area contributed by atoms with Gasteiger partial charge in [0.2, 0.25) is 0 Å². The highest BCUT2D eigenvalue weighted by molar-refractivity contribution is 5.90. The van der Waals surface area contributed by atoms with Crippen molar-refractivity contribution in [3.8, 4) is 0 Å². The number of hydrogen-bond donors (Lipinski definition) is 1. The van der Waals surface area contributed by atoms with Gasteiger partial charge in [0.25, 0.3) is 0 Å². The molecule has 4 fully saturated rings. The Morgan fingerprint density at radius 1 is 1.00 bits per heavy atom. The predicted molar refractivity (Wildman–Crippen MR) is 145 cm³/mol.